The van der Waals surface area contributed by atoms with E-state index >= 15 is 0 Å². The van der Waals surface area contributed by atoms with Crippen LogP contribution in [0, 0.1) is 17.0 Å². The minimum atomic E-state index is -4.05. The number of halogens is 1. The number of nitrogens with one attached hydrogen (secondary N) is 1. The number of rotatable bonds is 4. The molecule has 0 amide bonds. The normalized spacial score (nSPS) is 11.5. The molecule has 19 heavy (non-hydrogen) atoms. The standard InChI is InChI=1S/C7H5ClN4O5S2/c1-3-9-10-7(17-3)11-19(15,16)5-2-4(12(13)14)6(8)18-5/h2H,1H3,(H,10,11). The van der Waals surface area contributed by atoms with Crippen molar-refractivity contribution in [2.24, 2.45) is 0 Å². The number of aryl methyl sites for hydroxylation is 1. The molecule has 0 atom stereocenters. The van der Waals surface area contributed by atoms with Gasteiger partial charge in [0.05, 0.1) is 4.92 Å². The molecule has 2 aromatic rings. The molecule has 0 bridgehead atoms. The van der Waals surface area contributed by atoms with Crippen LogP contribution in [0.4, 0.5) is 11.7 Å². The number of sulfonamides is 1. The number of nitro groups is 1. The third kappa shape index (κ3) is 2.83. The Bertz CT molecular complexity index is 737. The van der Waals surface area contributed by atoms with Gasteiger partial charge in [-0.2, -0.15) is 0 Å². The van der Waals surface area contributed by atoms with Crippen molar-refractivity contribution in [3.8, 4) is 0 Å². The second-order valence-electron chi connectivity index (χ2n) is 3.21. The minimum absolute atomic E-state index is 0.174. The Morgan fingerprint density at radius 2 is 2.21 bits per heavy atom. The Labute approximate surface area is 115 Å². The van der Waals surface area contributed by atoms with Crippen LogP contribution < -0.4 is 4.72 Å². The van der Waals surface area contributed by atoms with Gasteiger partial charge in [0.1, 0.15) is 4.21 Å². The Morgan fingerprint density at radius 1 is 1.53 bits per heavy atom. The van der Waals surface area contributed by atoms with Crippen molar-refractivity contribution < 1.29 is 17.8 Å². The van der Waals surface area contributed by atoms with E-state index < -0.39 is 20.6 Å². The summed E-state index contributed by atoms with van der Waals surface area (Å²) in [6, 6.07) is 0.531. The van der Waals surface area contributed by atoms with Crippen LogP contribution >= 0.6 is 22.9 Å². The van der Waals surface area contributed by atoms with Crippen LogP contribution in [-0.2, 0) is 10.0 Å². The van der Waals surface area contributed by atoms with E-state index in [2.05, 4.69) is 10.2 Å². The second-order valence-corrected chi connectivity index (χ2v) is 6.78. The molecule has 0 unspecified atom stereocenters. The first-order valence-electron chi connectivity index (χ1n) is 4.56. The van der Waals surface area contributed by atoms with E-state index in [1.54, 1.807) is 0 Å². The zero-order chi connectivity index (χ0) is 14.2. The van der Waals surface area contributed by atoms with E-state index in [0.29, 0.717) is 11.3 Å². The quantitative estimate of drug-likeness (QED) is 0.670. The van der Waals surface area contributed by atoms with E-state index in [4.69, 9.17) is 16.0 Å². The molecule has 12 heteroatoms. The topological polar surface area (TPSA) is 128 Å². The van der Waals surface area contributed by atoms with Crippen molar-refractivity contribution >= 4 is 44.7 Å². The molecular formula is C7H5ClN4O5S2. The van der Waals surface area contributed by atoms with Crippen molar-refractivity contribution in [3.63, 3.8) is 0 Å². The molecule has 0 saturated carbocycles. The summed E-state index contributed by atoms with van der Waals surface area (Å²) in [7, 11) is -4.05. The number of aromatic nitrogens is 2. The van der Waals surface area contributed by atoms with Crippen LogP contribution in [0.5, 0.6) is 0 Å². The summed E-state index contributed by atoms with van der Waals surface area (Å²) >= 11 is 6.15. The highest BCUT2D eigenvalue weighted by atomic mass is 35.5. The third-order valence-corrected chi connectivity index (χ3v) is 4.99. The Kier molecular flexibility index (Phi) is 3.43. The molecule has 2 rings (SSSR count). The lowest BCUT2D eigenvalue weighted by Gasteiger charge is -1.99. The monoisotopic (exact) mass is 324 g/mol. The fraction of sp³-hybridized carbons (Fsp3) is 0.143. The summed E-state index contributed by atoms with van der Waals surface area (Å²) in [6.07, 6.45) is 0. The van der Waals surface area contributed by atoms with Gasteiger partial charge in [-0.15, -0.1) is 16.4 Å². The molecule has 0 aliphatic rings. The summed E-state index contributed by atoms with van der Waals surface area (Å²) in [5.41, 5.74) is -0.478. The maximum absolute atomic E-state index is 11.9. The molecule has 2 aromatic heterocycles. The first-order chi connectivity index (χ1) is 8.79. The number of hydrogen-bond acceptors (Lipinski definition) is 8. The van der Waals surface area contributed by atoms with Gasteiger partial charge in [0.2, 0.25) is 5.89 Å². The van der Waals surface area contributed by atoms with Gasteiger partial charge < -0.3 is 4.42 Å². The largest absolute Gasteiger partial charge is 0.408 e. The van der Waals surface area contributed by atoms with Crippen molar-refractivity contribution in [1.82, 2.24) is 10.2 Å². The molecule has 2 heterocycles. The van der Waals surface area contributed by atoms with Crippen LogP contribution in [0.1, 0.15) is 5.89 Å². The molecule has 0 radical (unpaired) electrons. The predicted molar refractivity (Wildman–Crippen MR) is 65.8 cm³/mol. The van der Waals surface area contributed by atoms with E-state index in [1.807, 2.05) is 4.72 Å². The van der Waals surface area contributed by atoms with Crippen LogP contribution in [0.2, 0.25) is 4.34 Å². The zero-order valence-corrected chi connectivity index (χ0v) is 11.5. The Balaban J connectivity index is 2.34. The highest BCUT2D eigenvalue weighted by Gasteiger charge is 2.26. The second kappa shape index (κ2) is 4.75. The molecule has 0 aliphatic carbocycles. The number of nitrogens with zero attached hydrogens (tertiary/aromatic N) is 3. The van der Waals surface area contributed by atoms with E-state index in [-0.39, 0.29) is 20.5 Å². The van der Waals surface area contributed by atoms with Gasteiger partial charge in [0.15, 0.2) is 4.34 Å². The lowest BCUT2D eigenvalue weighted by atomic mass is 10.6. The summed E-state index contributed by atoms with van der Waals surface area (Å²) in [5, 5.41) is 17.5. The van der Waals surface area contributed by atoms with Gasteiger partial charge in [0.25, 0.3) is 15.7 Å². The number of thiophene rings is 1. The molecule has 1 N–H and O–H groups in total. The maximum Gasteiger partial charge on any atom is 0.329 e. The molecule has 0 spiro atoms. The maximum atomic E-state index is 11.9. The van der Waals surface area contributed by atoms with Gasteiger partial charge in [-0.25, -0.2) is 13.1 Å². The molecule has 0 saturated heterocycles. The number of anilines is 1. The summed E-state index contributed by atoms with van der Waals surface area (Å²) in [6.45, 7) is 1.48. The molecule has 0 fully saturated rings. The van der Waals surface area contributed by atoms with Crippen molar-refractivity contribution in [3.05, 3.63) is 26.4 Å². The smallest absolute Gasteiger partial charge is 0.329 e. The average Bonchev–Trinajstić information content (AvgIpc) is 2.84. The number of hydrogen-bond donors (Lipinski definition) is 1. The van der Waals surface area contributed by atoms with Crippen LogP contribution in [0.15, 0.2) is 14.7 Å². The third-order valence-electron chi connectivity index (χ3n) is 1.86. The molecule has 0 aliphatic heterocycles. The van der Waals surface area contributed by atoms with Gasteiger partial charge in [-0.3, -0.25) is 10.1 Å². The fourth-order valence-electron chi connectivity index (χ4n) is 1.10. The van der Waals surface area contributed by atoms with E-state index in [9.17, 15) is 18.5 Å². The van der Waals surface area contributed by atoms with Crippen molar-refractivity contribution in [2.45, 2.75) is 11.1 Å². The highest BCUT2D eigenvalue weighted by molar-refractivity contribution is 7.94. The Morgan fingerprint density at radius 3 is 2.68 bits per heavy atom. The molecular weight excluding hydrogens is 320 g/mol. The first kappa shape index (κ1) is 13.7. The first-order valence-corrected chi connectivity index (χ1v) is 7.24. The minimum Gasteiger partial charge on any atom is -0.408 e. The van der Waals surface area contributed by atoms with Gasteiger partial charge in [0, 0.05) is 13.0 Å². The van der Waals surface area contributed by atoms with Crippen LogP contribution in [-0.4, -0.2) is 23.5 Å². The SMILES string of the molecule is Cc1nnc(NS(=O)(=O)c2cc([N+](=O)[O-])c(Cl)s2)o1. The van der Waals surface area contributed by atoms with Crippen LogP contribution in [0.25, 0.3) is 0 Å². The van der Waals surface area contributed by atoms with Gasteiger partial charge in [-0.1, -0.05) is 16.7 Å². The van der Waals surface area contributed by atoms with Crippen molar-refractivity contribution in [1.29, 1.82) is 0 Å². The lowest BCUT2D eigenvalue weighted by molar-refractivity contribution is -0.384. The molecule has 102 valence electrons. The summed E-state index contributed by atoms with van der Waals surface area (Å²) in [4.78, 5) is 9.83. The molecule has 9 nitrogen and oxygen atoms in total. The summed E-state index contributed by atoms with van der Waals surface area (Å²) < 4.78 is 30.1. The van der Waals surface area contributed by atoms with Gasteiger partial charge in [-0.05, 0) is 0 Å². The predicted octanol–water partition coefficient (Wildman–Crippen LogP) is 1.80. The Hall–Kier alpha value is -1.72. The highest BCUT2D eigenvalue weighted by Crippen LogP contribution is 2.36. The van der Waals surface area contributed by atoms with E-state index in [0.717, 1.165) is 6.07 Å². The zero-order valence-electron chi connectivity index (χ0n) is 9.15. The van der Waals surface area contributed by atoms with Crippen molar-refractivity contribution in [2.75, 3.05) is 4.72 Å². The van der Waals surface area contributed by atoms with Gasteiger partial charge >= 0.3 is 6.01 Å². The average molecular weight is 325 g/mol. The lowest BCUT2D eigenvalue weighted by Crippen LogP contribution is -2.11. The van der Waals surface area contributed by atoms with E-state index in [1.165, 1.54) is 6.92 Å². The molecule has 0 aromatic carbocycles. The fourth-order valence-corrected chi connectivity index (χ4v) is 3.69. The van der Waals surface area contributed by atoms with Crippen LogP contribution in [0.3, 0.4) is 0 Å². The summed E-state index contributed by atoms with van der Waals surface area (Å²) in [5.74, 6) is 0.174.